The second-order valence-electron chi connectivity index (χ2n) is 6.42. The number of nitrogens with one attached hydrogen (secondary N) is 3. The highest BCUT2D eigenvalue weighted by molar-refractivity contribution is 7.80. The second-order valence-corrected chi connectivity index (χ2v) is 7.93. The van der Waals surface area contributed by atoms with Gasteiger partial charge in [0.1, 0.15) is 10.8 Å². The van der Waals surface area contributed by atoms with Crippen molar-refractivity contribution in [3.63, 3.8) is 0 Å². The van der Waals surface area contributed by atoms with E-state index >= 15 is 0 Å². The number of thiocarbonyl (C=S) groups is 1. The number of ether oxygens (including phenoxy) is 1. The van der Waals surface area contributed by atoms with Gasteiger partial charge < -0.3 is 20.7 Å². The van der Waals surface area contributed by atoms with Crippen LogP contribution in [0.1, 0.15) is 20.8 Å². The summed E-state index contributed by atoms with van der Waals surface area (Å²) in [6.45, 7) is 1.05. The largest absolute Gasteiger partial charge is 0.376 e. The molecule has 0 saturated heterocycles. The van der Waals surface area contributed by atoms with Crippen LogP contribution in [0.4, 0.5) is 20.8 Å². The lowest BCUT2D eigenvalue weighted by Gasteiger charge is -2.14. The van der Waals surface area contributed by atoms with Crippen molar-refractivity contribution in [2.75, 3.05) is 22.6 Å². The molecule has 1 aliphatic heterocycles. The van der Waals surface area contributed by atoms with Crippen molar-refractivity contribution in [1.82, 2.24) is 0 Å². The smallest absolute Gasteiger partial charge is 0.258 e. The lowest BCUT2D eigenvalue weighted by Crippen LogP contribution is -2.22. The second kappa shape index (κ2) is 8.69. The molecule has 4 rings (SSSR count). The first-order chi connectivity index (χ1) is 14.1. The van der Waals surface area contributed by atoms with Gasteiger partial charge in [0.25, 0.3) is 5.91 Å². The molecule has 148 valence electrons. The number of benzene rings is 2. The summed E-state index contributed by atoms with van der Waals surface area (Å²) in [6, 6.07) is 15.2. The summed E-state index contributed by atoms with van der Waals surface area (Å²) in [4.78, 5) is 14.1. The summed E-state index contributed by atoms with van der Waals surface area (Å²) in [7, 11) is 0. The van der Waals surface area contributed by atoms with E-state index in [2.05, 4.69) is 16.0 Å². The fraction of sp³-hybridized carbons (Fsp3) is 0.143. The molecule has 0 saturated carbocycles. The van der Waals surface area contributed by atoms with E-state index in [0.717, 1.165) is 16.1 Å². The molecular formula is C21H18FN3O2S2. The van der Waals surface area contributed by atoms with E-state index in [4.69, 9.17) is 17.0 Å². The molecule has 8 heteroatoms. The maximum Gasteiger partial charge on any atom is 0.258 e. The van der Waals surface area contributed by atoms with Gasteiger partial charge in [-0.15, -0.1) is 11.3 Å². The number of para-hydroxylation sites is 1. The molecule has 3 N–H and O–H groups in total. The maximum absolute atomic E-state index is 13.1. The van der Waals surface area contributed by atoms with E-state index in [1.165, 1.54) is 23.5 Å². The van der Waals surface area contributed by atoms with Crippen molar-refractivity contribution in [1.29, 1.82) is 0 Å². The molecule has 0 aliphatic carbocycles. The minimum absolute atomic E-state index is 0.192. The van der Waals surface area contributed by atoms with Crippen LogP contribution in [0.25, 0.3) is 0 Å². The molecule has 1 aromatic heterocycles. The topological polar surface area (TPSA) is 62.4 Å². The molecule has 0 unspecified atom stereocenters. The van der Waals surface area contributed by atoms with Gasteiger partial charge in [-0.05, 0) is 60.6 Å². The third-order valence-corrected chi connectivity index (χ3v) is 5.73. The minimum atomic E-state index is -0.319. The Morgan fingerprint density at radius 1 is 1.00 bits per heavy atom. The van der Waals surface area contributed by atoms with Gasteiger partial charge >= 0.3 is 0 Å². The summed E-state index contributed by atoms with van der Waals surface area (Å²) in [6.07, 6.45) is 0.670. The summed E-state index contributed by atoms with van der Waals surface area (Å²) in [5.74, 6) is -0.511. The van der Waals surface area contributed by atoms with E-state index in [0.29, 0.717) is 41.0 Å². The number of hydrogen-bond acceptors (Lipinski definition) is 4. The summed E-state index contributed by atoms with van der Waals surface area (Å²) in [5, 5.41) is 10.1. The van der Waals surface area contributed by atoms with Crippen LogP contribution in [0.15, 0.2) is 54.6 Å². The van der Waals surface area contributed by atoms with Crippen LogP contribution < -0.4 is 16.0 Å². The van der Waals surface area contributed by atoms with E-state index in [1.54, 1.807) is 12.1 Å². The van der Waals surface area contributed by atoms with Crippen molar-refractivity contribution in [2.45, 2.75) is 13.0 Å². The monoisotopic (exact) mass is 427 g/mol. The number of hydrogen-bond donors (Lipinski definition) is 3. The molecule has 1 aliphatic rings. The average molecular weight is 428 g/mol. The highest BCUT2D eigenvalue weighted by atomic mass is 32.1. The number of fused-ring (bicyclic) bond motifs is 1. The Morgan fingerprint density at radius 2 is 1.72 bits per heavy atom. The number of thiophene rings is 1. The molecule has 2 aromatic carbocycles. The van der Waals surface area contributed by atoms with Gasteiger partial charge in [-0.1, -0.05) is 18.2 Å². The van der Waals surface area contributed by atoms with Gasteiger partial charge in [0.2, 0.25) is 0 Å². The van der Waals surface area contributed by atoms with Crippen LogP contribution in [-0.2, 0) is 17.8 Å². The van der Waals surface area contributed by atoms with Crippen LogP contribution in [0.2, 0.25) is 0 Å². The zero-order valence-electron chi connectivity index (χ0n) is 15.3. The summed E-state index contributed by atoms with van der Waals surface area (Å²) < 4.78 is 18.6. The number of amides is 1. The molecule has 3 aromatic rings. The number of rotatable bonds is 4. The number of carbonyl (C=O) groups excluding carboxylic acids is 1. The van der Waals surface area contributed by atoms with E-state index in [9.17, 15) is 9.18 Å². The van der Waals surface area contributed by atoms with Crippen LogP contribution >= 0.6 is 23.6 Å². The van der Waals surface area contributed by atoms with Crippen molar-refractivity contribution in [2.24, 2.45) is 0 Å². The van der Waals surface area contributed by atoms with Gasteiger partial charge in [0, 0.05) is 16.3 Å². The molecular weight excluding hydrogens is 409 g/mol. The van der Waals surface area contributed by atoms with Crippen LogP contribution in [0.5, 0.6) is 0 Å². The Morgan fingerprint density at radius 3 is 2.48 bits per heavy atom. The van der Waals surface area contributed by atoms with Crippen molar-refractivity contribution < 1.29 is 13.9 Å². The Labute approximate surface area is 176 Å². The fourth-order valence-corrected chi connectivity index (χ4v) is 4.55. The third kappa shape index (κ3) is 4.61. The van der Waals surface area contributed by atoms with Gasteiger partial charge in [-0.2, -0.15) is 0 Å². The Hall–Kier alpha value is -2.81. The first-order valence-corrected chi connectivity index (χ1v) is 10.2. The lowest BCUT2D eigenvalue weighted by molar-refractivity contribution is 0.101. The van der Waals surface area contributed by atoms with Gasteiger partial charge in [-0.25, -0.2) is 4.39 Å². The Balaban J connectivity index is 1.57. The Kier molecular flexibility index (Phi) is 5.84. The molecule has 0 spiro atoms. The maximum atomic E-state index is 13.1. The van der Waals surface area contributed by atoms with Gasteiger partial charge in [-0.3, -0.25) is 4.79 Å². The van der Waals surface area contributed by atoms with E-state index in [-0.39, 0.29) is 11.7 Å². The standard InChI is InChI=1S/C21H18FN3O2S2/c22-13-6-8-15(9-7-13)24-21(28)25-20-18(16-10-11-27-12-17(16)29-20)19(26)23-14-4-2-1-3-5-14/h1-9H,10-12H2,(H,23,26)(H2,24,25,28). The molecule has 1 amide bonds. The van der Waals surface area contributed by atoms with Crippen LogP contribution in [0.3, 0.4) is 0 Å². The van der Waals surface area contributed by atoms with Crippen molar-refractivity contribution in [3.8, 4) is 0 Å². The van der Waals surface area contributed by atoms with Gasteiger partial charge in [0.05, 0.1) is 18.8 Å². The average Bonchev–Trinajstić information content (AvgIpc) is 3.08. The van der Waals surface area contributed by atoms with E-state index in [1.807, 2.05) is 30.3 Å². The SMILES string of the molecule is O=C(Nc1ccccc1)c1c(NC(=S)Nc2ccc(F)cc2)sc2c1CCOC2. The number of carbonyl (C=O) groups is 1. The molecule has 0 atom stereocenters. The van der Waals surface area contributed by atoms with Crippen LogP contribution in [-0.4, -0.2) is 17.6 Å². The quantitative estimate of drug-likeness (QED) is 0.510. The fourth-order valence-electron chi connectivity index (χ4n) is 3.07. The molecule has 5 nitrogen and oxygen atoms in total. The van der Waals surface area contributed by atoms with Crippen molar-refractivity contribution >= 4 is 51.0 Å². The van der Waals surface area contributed by atoms with E-state index < -0.39 is 0 Å². The highest BCUT2D eigenvalue weighted by Crippen LogP contribution is 2.37. The molecule has 29 heavy (non-hydrogen) atoms. The summed E-state index contributed by atoms with van der Waals surface area (Å²) >= 11 is 6.85. The minimum Gasteiger partial charge on any atom is -0.376 e. The first-order valence-electron chi connectivity index (χ1n) is 9.02. The predicted molar refractivity (Wildman–Crippen MR) is 118 cm³/mol. The third-order valence-electron chi connectivity index (χ3n) is 4.41. The zero-order chi connectivity index (χ0) is 20.2. The van der Waals surface area contributed by atoms with Gasteiger partial charge in [0.15, 0.2) is 5.11 Å². The predicted octanol–water partition coefficient (Wildman–Crippen LogP) is 5.02. The zero-order valence-corrected chi connectivity index (χ0v) is 17.0. The van der Waals surface area contributed by atoms with Crippen LogP contribution in [0, 0.1) is 5.82 Å². The highest BCUT2D eigenvalue weighted by Gasteiger charge is 2.26. The normalized spacial score (nSPS) is 12.7. The molecule has 0 fully saturated rings. The Bertz CT molecular complexity index is 1040. The lowest BCUT2D eigenvalue weighted by atomic mass is 10.0. The first kappa shape index (κ1) is 19.5. The number of halogens is 1. The molecule has 0 bridgehead atoms. The summed E-state index contributed by atoms with van der Waals surface area (Å²) in [5.41, 5.74) is 2.95. The molecule has 0 radical (unpaired) electrons. The van der Waals surface area contributed by atoms with Crippen molar-refractivity contribution in [3.05, 3.63) is 76.4 Å². The number of anilines is 3. The molecule has 2 heterocycles.